The molecular weight excluding hydrogens is 207 g/mol. The van der Waals surface area contributed by atoms with E-state index >= 15 is 0 Å². The molecule has 0 amide bonds. The molecule has 1 rings (SSSR count). The first-order valence-electron chi connectivity index (χ1n) is 4.64. The van der Waals surface area contributed by atoms with Crippen LogP contribution in [0.5, 0.6) is 0 Å². The van der Waals surface area contributed by atoms with Crippen LogP contribution in [-0.2, 0) is 9.53 Å². The molecule has 5 heteroatoms. The molecule has 14 heavy (non-hydrogen) atoms. The predicted octanol–water partition coefficient (Wildman–Crippen LogP) is 1.00. The van der Waals surface area contributed by atoms with Crippen molar-refractivity contribution in [1.82, 2.24) is 0 Å². The standard InChI is InChI=1S/C9H15FO3S/c1-13-9(12)7(10)8(11)6-2-4-14-5-3-6/h6-8,11H,2-5H2,1H3. The molecule has 0 spiro atoms. The summed E-state index contributed by atoms with van der Waals surface area (Å²) in [7, 11) is 1.12. The predicted molar refractivity (Wildman–Crippen MR) is 53.0 cm³/mol. The normalized spacial score (nSPS) is 22.8. The third kappa shape index (κ3) is 2.85. The number of aliphatic hydroxyl groups excluding tert-OH is 1. The molecule has 0 radical (unpaired) electrons. The molecule has 1 saturated heterocycles. The van der Waals surface area contributed by atoms with Gasteiger partial charge in [-0.05, 0) is 30.3 Å². The maximum absolute atomic E-state index is 13.2. The SMILES string of the molecule is COC(=O)C(F)C(O)C1CCSCC1. The molecule has 2 atom stereocenters. The van der Waals surface area contributed by atoms with Gasteiger partial charge >= 0.3 is 5.97 Å². The third-order valence-electron chi connectivity index (χ3n) is 2.48. The number of alkyl halides is 1. The van der Waals surface area contributed by atoms with Crippen molar-refractivity contribution < 1.29 is 19.0 Å². The summed E-state index contributed by atoms with van der Waals surface area (Å²) < 4.78 is 17.5. The lowest BCUT2D eigenvalue weighted by atomic mass is 9.93. The van der Waals surface area contributed by atoms with Crippen molar-refractivity contribution in [3.05, 3.63) is 0 Å². The second-order valence-corrected chi connectivity index (χ2v) is 4.59. The van der Waals surface area contributed by atoms with Gasteiger partial charge in [-0.3, -0.25) is 0 Å². The van der Waals surface area contributed by atoms with Crippen molar-refractivity contribution in [3.8, 4) is 0 Å². The minimum Gasteiger partial charge on any atom is -0.467 e. The Hall–Kier alpha value is -0.290. The fraction of sp³-hybridized carbons (Fsp3) is 0.889. The zero-order valence-corrected chi connectivity index (χ0v) is 8.93. The Balaban J connectivity index is 2.45. The summed E-state index contributed by atoms with van der Waals surface area (Å²) in [6.07, 6.45) is -1.57. The van der Waals surface area contributed by atoms with Crippen molar-refractivity contribution in [3.63, 3.8) is 0 Å². The van der Waals surface area contributed by atoms with Crippen LogP contribution in [0.3, 0.4) is 0 Å². The molecule has 2 unspecified atom stereocenters. The molecule has 0 bridgehead atoms. The lowest BCUT2D eigenvalue weighted by molar-refractivity contribution is -0.152. The van der Waals surface area contributed by atoms with Crippen LogP contribution in [0.4, 0.5) is 4.39 Å². The number of thioether (sulfide) groups is 1. The van der Waals surface area contributed by atoms with E-state index in [0.717, 1.165) is 31.5 Å². The molecule has 3 nitrogen and oxygen atoms in total. The maximum atomic E-state index is 13.2. The zero-order chi connectivity index (χ0) is 10.6. The van der Waals surface area contributed by atoms with Crippen molar-refractivity contribution in [2.75, 3.05) is 18.6 Å². The molecule has 82 valence electrons. The van der Waals surface area contributed by atoms with Crippen molar-refractivity contribution in [2.24, 2.45) is 5.92 Å². The zero-order valence-electron chi connectivity index (χ0n) is 8.11. The lowest BCUT2D eigenvalue weighted by Crippen LogP contribution is -2.38. The van der Waals surface area contributed by atoms with E-state index in [1.54, 1.807) is 11.8 Å². The van der Waals surface area contributed by atoms with Crippen molar-refractivity contribution in [2.45, 2.75) is 25.1 Å². The first-order chi connectivity index (χ1) is 6.66. The van der Waals surface area contributed by atoms with Crippen LogP contribution in [0.2, 0.25) is 0 Å². The van der Waals surface area contributed by atoms with Gasteiger partial charge in [-0.2, -0.15) is 11.8 Å². The fourth-order valence-electron chi connectivity index (χ4n) is 1.55. The molecule has 1 N–H and O–H groups in total. The topological polar surface area (TPSA) is 46.5 Å². The number of esters is 1. The Bertz CT molecular complexity index is 194. The molecule has 0 aromatic heterocycles. The molecule has 1 heterocycles. The second kappa shape index (κ2) is 5.56. The smallest absolute Gasteiger partial charge is 0.343 e. The van der Waals surface area contributed by atoms with Crippen molar-refractivity contribution in [1.29, 1.82) is 0 Å². The van der Waals surface area contributed by atoms with Gasteiger partial charge < -0.3 is 9.84 Å². The molecule has 1 aliphatic heterocycles. The first kappa shape index (κ1) is 11.8. The maximum Gasteiger partial charge on any atom is 0.343 e. The molecule has 0 saturated carbocycles. The third-order valence-corrected chi connectivity index (χ3v) is 3.52. The number of hydrogen-bond acceptors (Lipinski definition) is 4. The number of rotatable bonds is 3. The van der Waals surface area contributed by atoms with E-state index in [9.17, 15) is 14.3 Å². The molecule has 1 aliphatic rings. The van der Waals surface area contributed by atoms with E-state index < -0.39 is 18.2 Å². The first-order valence-corrected chi connectivity index (χ1v) is 5.80. The number of carbonyl (C=O) groups is 1. The van der Waals surface area contributed by atoms with Gasteiger partial charge in [0.2, 0.25) is 6.17 Å². The summed E-state index contributed by atoms with van der Waals surface area (Å²) in [6, 6.07) is 0. The van der Waals surface area contributed by atoms with Gasteiger partial charge in [-0.1, -0.05) is 0 Å². The Kier molecular flexibility index (Phi) is 4.68. The van der Waals surface area contributed by atoms with Gasteiger partial charge in [0, 0.05) is 0 Å². The number of hydrogen-bond donors (Lipinski definition) is 1. The molecule has 1 fully saturated rings. The number of aliphatic hydroxyl groups is 1. The van der Waals surface area contributed by atoms with Gasteiger partial charge in [0.1, 0.15) is 0 Å². The molecule has 0 aromatic rings. The van der Waals surface area contributed by atoms with Gasteiger partial charge in [0.25, 0.3) is 0 Å². The van der Waals surface area contributed by atoms with E-state index in [1.807, 2.05) is 0 Å². The van der Waals surface area contributed by atoms with E-state index in [2.05, 4.69) is 4.74 Å². The molecule has 0 aliphatic carbocycles. The molecule has 0 aromatic carbocycles. The Morgan fingerprint density at radius 3 is 2.64 bits per heavy atom. The van der Waals surface area contributed by atoms with Crippen LogP contribution in [0.25, 0.3) is 0 Å². The summed E-state index contributed by atoms with van der Waals surface area (Å²) >= 11 is 1.79. The number of methoxy groups -OCH3 is 1. The van der Waals surface area contributed by atoms with E-state index in [4.69, 9.17) is 0 Å². The van der Waals surface area contributed by atoms with Gasteiger partial charge in [0.05, 0.1) is 13.2 Å². The van der Waals surface area contributed by atoms with E-state index in [1.165, 1.54) is 0 Å². The summed E-state index contributed by atoms with van der Waals surface area (Å²) in [5.41, 5.74) is 0. The Labute approximate surface area is 87.0 Å². The summed E-state index contributed by atoms with van der Waals surface area (Å²) in [5.74, 6) is 0.770. The number of ether oxygens (including phenoxy) is 1. The summed E-state index contributed by atoms with van der Waals surface area (Å²) in [5, 5.41) is 9.56. The Morgan fingerprint density at radius 1 is 1.57 bits per heavy atom. The average Bonchev–Trinajstić information content (AvgIpc) is 2.27. The Morgan fingerprint density at radius 2 is 2.14 bits per heavy atom. The molecular formula is C9H15FO3S. The van der Waals surface area contributed by atoms with E-state index in [0.29, 0.717) is 0 Å². The van der Waals surface area contributed by atoms with Crippen LogP contribution < -0.4 is 0 Å². The van der Waals surface area contributed by atoms with Crippen LogP contribution in [0.1, 0.15) is 12.8 Å². The van der Waals surface area contributed by atoms with Gasteiger partial charge in [-0.15, -0.1) is 0 Å². The van der Waals surface area contributed by atoms with Crippen LogP contribution in [0.15, 0.2) is 0 Å². The van der Waals surface area contributed by atoms with Crippen molar-refractivity contribution >= 4 is 17.7 Å². The number of carbonyl (C=O) groups excluding carboxylic acids is 1. The average molecular weight is 222 g/mol. The largest absolute Gasteiger partial charge is 0.467 e. The van der Waals surface area contributed by atoms with Gasteiger partial charge in [-0.25, -0.2) is 9.18 Å². The summed E-state index contributed by atoms with van der Waals surface area (Å²) in [6.45, 7) is 0. The van der Waals surface area contributed by atoms with E-state index in [-0.39, 0.29) is 5.92 Å². The fourth-order valence-corrected chi connectivity index (χ4v) is 2.69. The summed E-state index contributed by atoms with van der Waals surface area (Å²) in [4.78, 5) is 10.8. The highest BCUT2D eigenvalue weighted by Crippen LogP contribution is 2.27. The van der Waals surface area contributed by atoms with Gasteiger partial charge in [0.15, 0.2) is 0 Å². The minimum atomic E-state index is -1.90. The van der Waals surface area contributed by atoms with Crippen LogP contribution >= 0.6 is 11.8 Å². The second-order valence-electron chi connectivity index (χ2n) is 3.37. The van der Waals surface area contributed by atoms with Crippen LogP contribution in [-0.4, -0.2) is 42.0 Å². The lowest BCUT2D eigenvalue weighted by Gasteiger charge is -2.27. The highest BCUT2D eigenvalue weighted by atomic mass is 32.2. The monoisotopic (exact) mass is 222 g/mol. The van der Waals surface area contributed by atoms with Crippen LogP contribution in [0, 0.1) is 5.92 Å². The number of halogens is 1. The quantitative estimate of drug-likeness (QED) is 0.724. The highest BCUT2D eigenvalue weighted by molar-refractivity contribution is 7.99. The highest BCUT2D eigenvalue weighted by Gasteiger charge is 2.34. The minimum absolute atomic E-state index is 0.106.